The molecule has 2 aliphatic rings. The van der Waals surface area contributed by atoms with Crippen molar-refractivity contribution in [3.05, 3.63) is 241 Å². The predicted molar refractivity (Wildman–Crippen MR) is 382 cm³/mol. The van der Waals surface area contributed by atoms with Crippen LogP contribution >= 0.6 is 0 Å². The van der Waals surface area contributed by atoms with Gasteiger partial charge in [0.1, 0.15) is 0 Å². The van der Waals surface area contributed by atoms with Crippen molar-refractivity contribution >= 4 is 21.8 Å². The molecule has 2 nitrogen and oxygen atoms in total. The number of nitrogens with zero attached hydrogens (tertiary/aromatic N) is 2. The van der Waals surface area contributed by atoms with Crippen LogP contribution in [-0.4, -0.2) is 9.97 Å². The Kier molecular flexibility index (Phi) is 26.1. The summed E-state index contributed by atoms with van der Waals surface area (Å²) in [6.45, 7) is 18.6. The smallest absolute Gasteiger partial charge is 0.358 e. The first kappa shape index (κ1) is 71.3. The molecule has 0 fully saturated rings. The van der Waals surface area contributed by atoms with Crippen LogP contribution in [0.25, 0.3) is 88.8 Å². The zero-order valence-electron chi connectivity index (χ0n) is 55.9. The molecule has 0 unspecified atom stereocenters. The Bertz CT molecular complexity index is 3630. The van der Waals surface area contributed by atoms with Crippen LogP contribution in [0.4, 0.5) is 0 Å². The third kappa shape index (κ3) is 15.8. The van der Waals surface area contributed by atoms with Crippen molar-refractivity contribution in [2.75, 3.05) is 0 Å². The number of aryl methyl sites for hydroxylation is 4. The third-order valence-corrected chi connectivity index (χ3v) is 19.0. The summed E-state index contributed by atoms with van der Waals surface area (Å²) in [5.41, 5.74) is 28.2. The quantitative estimate of drug-likeness (QED) is 0.0445. The summed E-state index contributed by atoms with van der Waals surface area (Å²) >= 11 is 0. The SMILES string of the molecule is CCCCCCc1cc(CCCCCC)cc(-c2cc(-c3[c-]cccc3)nc3cc4c(cc23)-c2ccccc2C4(C)C)c1.CCCCCCc1cc(CCCCCC)cc(-c2cc(-c3[c-]cccc3)nc3cc4c(cc23)-c2ccccc2C4(C)C)c1.[CH3-].[CH3-].[Ir+3].[Ir]. The first-order valence-electron chi connectivity index (χ1n) is 33.4. The van der Waals surface area contributed by atoms with E-state index in [2.05, 4.69) is 213 Å². The molecule has 2 aliphatic carbocycles. The van der Waals surface area contributed by atoms with E-state index in [1.807, 2.05) is 24.3 Å². The molecule has 4 heteroatoms. The summed E-state index contributed by atoms with van der Waals surface area (Å²) in [6, 6.07) is 70.4. The van der Waals surface area contributed by atoms with E-state index < -0.39 is 0 Å². The molecule has 0 saturated heterocycles. The van der Waals surface area contributed by atoms with Crippen LogP contribution in [0.2, 0.25) is 0 Å². The maximum Gasteiger partial charge on any atom is 3.00 e. The van der Waals surface area contributed by atoms with Crippen molar-refractivity contribution in [3.8, 4) is 67.0 Å². The van der Waals surface area contributed by atoms with E-state index in [0.29, 0.717) is 0 Å². The summed E-state index contributed by atoms with van der Waals surface area (Å²) in [5, 5.41) is 2.48. The number of aromatic nitrogens is 2. The Labute approximate surface area is 570 Å². The zero-order chi connectivity index (χ0) is 59.6. The van der Waals surface area contributed by atoms with E-state index in [9.17, 15) is 0 Å². The van der Waals surface area contributed by atoms with Gasteiger partial charge in [-0.25, -0.2) is 0 Å². The summed E-state index contributed by atoms with van der Waals surface area (Å²) in [7, 11) is 0. The average molecular weight is 1540 g/mol. The van der Waals surface area contributed by atoms with Crippen molar-refractivity contribution in [3.63, 3.8) is 0 Å². The van der Waals surface area contributed by atoms with Crippen molar-refractivity contribution in [1.82, 2.24) is 9.97 Å². The number of pyridine rings is 2. The zero-order valence-corrected chi connectivity index (χ0v) is 60.7. The van der Waals surface area contributed by atoms with E-state index >= 15 is 0 Å². The fraction of sp³-hybridized carbons (Fsp3) is 0.349. The van der Waals surface area contributed by atoms with E-state index in [-0.39, 0.29) is 65.9 Å². The number of rotatable bonds is 24. The molecule has 10 aromatic rings. The molecule has 0 spiro atoms. The Hall–Kier alpha value is -6.12. The summed E-state index contributed by atoms with van der Waals surface area (Å²) < 4.78 is 0. The standard InChI is InChI=1S/2C42H46N.2CH3.2Ir/c2*1-5-7-9-12-18-30-24-31(19-13-10-8-6-2)26-33(25-30)35-28-40(32-20-14-11-15-21-32)43-41-29-39-36(27-37(35)41)34-22-16-17-23-38(34)42(39,3)4;;;;/h2*11,14-17,20,22-29H,5-10,12-13,18-19H2,1-4H3;2*1H3;;/q4*-1;;+3. The monoisotopic (exact) mass is 1540 g/mol. The Morgan fingerprint density at radius 3 is 0.989 bits per heavy atom. The first-order chi connectivity index (χ1) is 42.0. The molecule has 2 aromatic heterocycles. The van der Waals surface area contributed by atoms with E-state index in [1.54, 1.807) is 0 Å². The van der Waals surface area contributed by atoms with E-state index in [4.69, 9.17) is 9.97 Å². The summed E-state index contributed by atoms with van der Waals surface area (Å²) in [5.74, 6) is 0. The van der Waals surface area contributed by atoms with Gasteiger partial charge in [-0.05, 0) is 176 Å². The molecule has 1 radical (unpaired) electrons. The molecule has 90 heavy (non-hydrogen) atoms. The topological polar surface area (TPSA) is 25.8 Å². The van der Waals surface area contributed by atoms with Crippen LogP contribution in [0.5, 0.6) is 0 Å². The Balaban J connectivity index is 0.000000245. The number of hydrogen-bond acceptors (Lipinski definition) is 2. The van der Waals surface area contributed by atoms with Gasteiger partial charge in [0.25, 0.3) is 0 Å². The fourth-order valence-electron chi connectivity index (χ4n) is 14.1. The summed E-state index contributed by atoms with van der Waals surface area (Å²) in [6.07, 6.45) is 25.2. The third-order valence-electron chi connectivity index (χ3n) is 19.0. The minimum Gasteiger partial charge on any atom is -0.358 e. The second-order valence-corrected chi connectivity index (χ2v) is 26.2. The molecule has 2 heterocycles. The van der Waals surface area contributed by atoms with Crippen LogP contribution in [0.3, 0.4) is 0 Å². The number of hydrogen-bond donors (Lipinski definition) is 0. The molecule has 0 saturated carbocycles. The molecular formula is C86H98Ir2N2-. The molecular weight excluding hydrogens is 1450 g/mol. The fourth-order valence-corrected chi connectivity index (χ4v) is 14.1. The first-order valence-corrected chi connectivity index (χ1v) is 33.4. The van der Waals surface area contributed by atoms with Gasteiger partial charge in [-0.1, -0.05) is 230 Å². The molecule has 12 rings (SSSR count). The van der Waals surface area contributed by atoms with Gasteiger partial charge in [0.15, 0.2) is 0 Å². The average Bonchev–Trinajstić information content (AvgIpc) is 1.56. The number of benzene rings is 8. The van der Waals surface area contributed by atoms with Gasteiger partial charge in [0.2, 0.25) is 0 Å². The van der Waals surface area contributed by atoms with Crippen LogP contribution < -0.4 is 0 Å². The van der Waals surface area contributed by atoms with Gasteiger partial charge in [-0.15, -0.1) is 71.8 Å². The number of unbranched alkanes of at least 4 members (excludes halogenated alkanes) is 12. The second-order valence-electron chi connectivity index (χ2n) is 26.2. The van der Waals surface area contributed by atoms with Crippen LogP contribution in [-0.2, 0) is 76.7 Å². The van der Waals surface area contributed by atoms with Crippen LogP contribution in [0.1, 0.15) is 203 Å². The van der Waals surface area contributed by atoms with Crippen molar-refractivity contribution < 1.29 is 40.2 Å². The minimum absolute atomic E-state index is 0. The molecule has 0 atom stereocenters. The minimum atomic E-state index is -0.0547. The van der Waals surface area contributed by atoms with Gasteiger partial charge in [0.05, 0.1) is 11.0 Å². The maximum atomic E-state index is 5.29. The van der Waals surface area contributed by atoms with Gasteiger partial charge >= 0.3 is 20.1 Å². The van der Waals surface area contributed by atoms with Gasteiger partial charge in [-0.2, -0.15) is 0 Å². The molecule has 0 aliphatic heterocycles. The van der Waals surface area contributed by atoms with Gasteiger partial charge < -0.3 is 14.9 Å². The van der Waals surface area contributed by atoms with Crippen LogP contribution in [0.15, 0.2) is 170 Å². The molecule has 0 amide bonds. The normalized spacial score (nSPS) is 12.7. The maximum absolute atomic E-state index is 5.29. The van der Waals surface area contributed by atoms with Crippen molar-refractivity contribution in [2.24, 2.45) is 0 Å². The molecule has 8 aromatic carbocycles. The summed E-state index contributed by atoms with van der Waals surface area (Å²) in [4.78, 5) is 10.6. The molecule has 471 valence electrons. The van der Waals surface area contributed by atoms with Crippen molar-refractivity contribution in [2.45, 2.75) is 195 Å². The Morgan fingerprint density at radius 1 is 0.333 bits per heavy atom. The predicted octanol–water partition coefficient (Wildman–Crippen LogP) is 24.7. The van der Waals surface area contributed by atoms with Crippen LogP contribution in [0, 0.1) is 27.0 Å². The largest absolute Gasteiger partial charge is 3.00 e. The molecule has 0 N–H and O–H groups in total. The van der Waals surface area contributed by atoms with Crippen molar-refractivity contribution in [1.29, 1.82) is 0 Å². The second kappa shape index (κ2) is 32.9. The van der Waals surface area contributed by atoms with Gasteiger partial charge in [0, 0.05) is 41.7 Å². The Morgan fingerprint density at radius 2 is 0.667 bits per heavy atom. The van der Waals surface area contributed by atoms with E-state index in [0.717, 1.165) is 59.2 Å². The van der Waals surface area contributed by atoms with E-state index in [1.165, 1.54) is 203 Å². The molecule has 0 bridgehead atoms. The number of fused-ring (bicyclic) bond motifs is 8. The van der Waals surface area contributed by atoms with Gasteiger partial charge in [-0.3, -0.25) is 9.97 Å².